The Kier molecular flexibility index (Phi) is 6.45. The van der Waals surface area contributed by atoms with E-state index in [4.69, 9.17) is 21.5 Å². The van der Waals surface area contributed by atoms with E-state index < -0.39 is 10.0 Å². The molecule has 0 aliphatic rings. The molecule has 1 rings (SSSR count). The van der Waals surface area contributed by atoms with Crippen molar-refractivity contribution in [2.45, 2.75) is 31.2 Å². The number of nitrogens with one attached hydrogen (secondary N) is 1. The first-order valence-corrected chi connectivity index (χ1v) is 8.80. The Morgan fingerprint density at radius 3 is 2.67 bits per heavy atom. The van der Waals surface area contributed by atoms with Crippen LogP contribution in [0, 0.1) is 0 Å². The number of carbonyl (C=O) groups excluding carboxylic acids is 1. The molecular formula is C12H16BrClN2O4S. The zero-order valence-electron chi connectivity index (χ0n) is 11.5. The predicted octanol–water partition coefficient (Wildman–Crippen LogP) is 2.04. The van der Waals surface area contributed by atoms with E-state index in [2.05, 4.69) is 21.2 Å². The lowest BCUT2D eigenvalue weighted by atomic mass is 10.2. The maximum absolute atomic E-state index is 11.7. The van der Waals surface area contributed by atoms with Crippen LogP contribution in [0.15, 0.2) is 21.5 Å². The smallest absolute Gasteiger partial charge is 0.258 e. The zero-order chi connectivity index (χ0) is 16.2. The zero-order valence-corrected chi connectivity index (χ0v) is 14.7. The van der Waals surface area contributed by atoms with Gasteiger partial charge >= 0.3 is 0 Å². The van der Waals surface area contributed by atoms with E-state index in [1.54, 1.807) is 0 Å². The fourth-order valence-corrected chi connectivity index (χ4v) is 3.23. The molecule has 21 heavy (non-hydrogen) atoms. The summed E-state index contributed by atoms with van der Waals surface area (Å²) in [4.78, 5) is 11.4. The molecule has 1 aromatic rings. The van der Waals surface area contributed by atoms with Gasteiger partial charge in [0.15, 0.2) is 12.4 Å². The molecule has 0 aromatic heterocycles. The molecule has 3 N–H and O–H groups in total. The Hall–Kier alpha value is -0.830. The van der Waals surface area contributed by atoms with Gasteiger partial charge in [-0.1, -0.05) is 34.5 Å². The van der Waals surface area contributed by atoms with Crippen molar-refractivity contribution in [1.29, 1.82) is 0 Å². The van der Waals surface area contributed by atoms with Crippen LogP contribution in [0.1, 0.15) is 20.3 Å². The molecule has 1 amide bonds. The first-order chi connectivity index (χ1) is 9.65. The lowest BCUT2D eigenvalue weighted by Crippen LogP contribution is -2.35. The minimum absolute atomic E-state index is 0.000740. The van der Waals surface area contributed by atoms with Gasteiger partial charge in [-0.25, -0.2) is 13.6 Å². The number of ether oxygens (including phenoxy) is 1. The van der Waals surface area contributed by atoms with Gasteiger partial charge in [0, 0.05) is 10.5 Å². The highest BCUT2D eigenvalue weighted by atomic mass is 79.9. The summed E-state index contributed by atoms with van der Waals surface area (Å²) < 4.78 is 28.8. The Labute approximate surface area is 137 Å². The summed E-state index contributed by atoms with van der Waals surface area (Å²) in [6.45, 7) is 3.42. The number of hydrogen-bond donors (Lipinski definition) is 2. The molecule has 118 valence electrons. The van der Waals surface area contributed by atoms with Crippen LogP contribution in [0.5, 0.6) is 5.75 Å². The summed E-state index contributed by atoms with van der Waals surface area (Å²) in [6.07, 6.45) is 0.771. The second kappa shape index (κ2) is 7.44. The Balaban J connectivity index is 2.96. The lowest BCUT2D eigenvalue weighted by Gasteiger charge is -2.14. The fraction of sp³-hybridized carbons (Fsp3) is 0.417. The average molecular weight is 400 g/mol. The number of benzene rings is 1. The van der Waals surface area contributed by atoms with Gasteiger partial charge in [-0.05, 0) is 25.5 Å². The number of nitrogens with two attached hydrogens (primary N) is 1. The number of amides is 1. The maximum atomic E-state index is 11.7. The average Bonchev–Trinajstić information content (AvgIpc) is 2.35. The summed E-state index contributed by atoms with van der Waals surface area (Å²) in [5, 5.41) is 7.85. The number of sulfonamides is 1. The van der Waals surface area contributed by atoms with Gasteiger partial charge in [-0.2, -0.15) is 0 Å². The topological polar surface area (TPSA) is 98.5 Å². The number of rotatable bonds is 6. The van der Waals surface area contributed by atoms with Crippen molar-refractivity contribution in [1.82, 2.24) is 5.32 Å². The van der Waals surface area contributed by atoms with Crippen LogP contribution in [-0.2, 0) is 14.8 Å². The molecule has 0 heterocycles. The molecular weight excluding hydrogens is 384 g/mol. The molecule has 1 unspecified atom stereocenters. The van der Waals surface area contributed by atoms with Crippen molar-refractivity contribution in [3.8, 4) is 5.75 Å². The molecule has 0 aliphatic heterocycles. The third kappa shape index (κ3) is 5.46. The highest BCUT2D eigenvalue weighted by molar-refractivity contribution is 9.10. The van der Waals surface area contributed by atoms with E-state index in [-0.39, 0.29) is 34.2 Å². The molecule has 1 atom stereocenters. The maximum Gasteiger partial charge on any atom is 0.258 e. The fourth-order valence-electron chi connectivity index (χ4n) is 1.44. The molecule has 1 aromatic carbocycles. The molecule has 0 radical (unpaired) electrons. The first-order valence-electron chi connectivity index (χ1n) is 6.09. The Morgan fingerprint density at radius 2 is 2.14 bits per heavy atom. The van der Waals surface area contributed by atoms with Crippen LogP contribution in [0.2, 0.25) is 5.02 Å². The third-order valence-corrected chi connectivity index (χ3v) is 4.30. The monoisotopic (exact) mass is 398 g/mol. The van der Waals surface area contributed by atoms with Crippen LogP contribution in [0.3, 0.4) is 0 Å². The third-order valence-electron chi connectivity index (χ3n) is 2.65. The molecule has 0 spiro atoms. The van der Waals surface area contributed by atoms with E-state index in [0.29, 0.717) is 4.47 Å². The number of halogens is 2. The minimum atomic E-state index is -4.03. The number of primary sulfonamides is 1. The summed E-state index contributed by atoms with van der Waals surface area (Å²) in [6, 6.07) is 2.72. The van der Waals surface area contributed by atoms with E-state index >= 15 is 0 Å². The van der Waals surface area contributed by atoms with Crippen molar-refractivity contribution >= 4 is 43.5 Å². The molecule has 0 saturated carbocycles. The standard InChI is InChI=1S/C12H16BrClN2O4S/c1-3-7(2)16-11(17)6-20-12-9(14)4-8(13)5-10(12)21(15,18)19/h4-5,7H,3,6H2,1-2H3,(H,16,17)(H2,15,18,19). The van der Waals surface area contributed by atoms with Crippen molar-refractivity contribution in [2.75, 3.05) is 6.61 Å². The van der Waals surface area contributed by atoms with E-state index in [1.807, 2.05) is 13.8 Å². The summed E-state index contributed by atoms with van der Waals surface area (Å²) in [5.74, 6) is -0.509. The van der Waals surface area contributed by atoms with Crippen molar-refractivity contribution in [3.05, 3.63) is 21.6 Å². The molecule has 0 saturated heterocycles. The SMILES string of the molecule is CCC(C)NC(=O)COc1c(Cl)cc(Br)cc1S(N)(=O)=O. The van der Waals surface area contributed by atoms with Gasteiger partial charge in [0.1, 0.15) is 4.90 Å². The predicted molar refractivity (Wildman–Crippen MR) is 83.9 cm³/mol. The van der Waals surface area contributed by atoms with Crippen LogP contribution < -0.4 is 15.2 Å². The van der Waals surface area contributed by atoms with Crippen molar-refractivity contribution < 1.29 is 17.9 Å². The van der Waals surface area contributed by atoms with Crippen LogP contribution >= 0.6 is 27.5 Å². The molecule has 9 heteroatoms. The second-order valence-corrected chi connectivity index (χ2v) is 7.28. The van der Waals surface area contributed by atoms with E-state index in [1.165, 1.54) is 12.1 Å². The first kappa shape index (κ1) is 18.2. The van der Waals surface area contributed by atoms with Crippen molar-refractivity contribution in [2.24, 2.45) is 5.14 Å². The quantitative estimate of drug-likeness (QED) is 0.764. The second-order valence-electron chi connectivity index (χ2n) is 4.43. The highest BCUT2D eigenvalue weighted by Crippen LogP contribution is 2.34. The molecule has 0 bridgehead atoms. The van der Waals surface area contributed by atoms with Gasteiger partial charge in [0.2, 0.25) is 10.0 Å². The van der Waals surface area contributed by atoms with Gasteiger partial charge in [-0.15, -0.1) is 0 Å². The van der Waals surface area contributed by atoms with Crippen LogP contribution in [0.4, 0.5) is 0 Å². The van der Waals surface area contributed by atoms with Gasteiger partial charge in [0.05, 0.1) is 5.02 Å². The van der Waals surface area contributed by atoms with Crippen molar-refractivity contribution in [3.63, 3.8) is 0 Å². The Morgan fingerprint density at radius 1 is 1.52 bits per heavy atom. The van der Waals surface area contributed by atoms with Crippen LogP contribution in [-0.4, -0.2) is 27.0 Å². The summed E-state index contributed by atoms with van der Waals surface area (Å²) in [7, 11) is -4.03. The largest absolute Gasteiger partial charge is 0.481 e. The van der Waals surface area contributed by atoms with Gasteiger partial charge in [-0.3, -0.25) is 4.79 Å². The van der Waals surface area contributed by atoms with E-state index in [9.17, 15) is 13.2 Å². The van der Waals surface area contributed by atoms with E-state index in [0.717, 1.165) is 6.42 Å². The van der Waals surface area contributed by atoms with Gasteiger partial charge < -0.3 is 10.1 Å². The molecule has 0 fully saturated rings. The normalized spacial score (nSPS) is 12.8. The Bertz CT molecular complexity index is 636. The van der Waals surface area contributed by atoms with Crippen LogP contribution in [0.25, 0.3) is 0 Å². The lowest BCUT2D eigenvalue weighted by molar-refractivity contribution is -0.123. The molecule has 6 nitrogen and oxygen atoms in total. The molecule has 0 aliphatic carbocycles. The number of carbonyl (C=O) groups is 1. The minimum Gasteiger partial charge on any atom is -0.481 e. The summed E-state index contributed by atoms with van der Waals surface area (Å²) >= 11 is 9.07. The highest BCUT2D eigenvalue weighted by Gasteiger charge is 2.20. The van der Waals surface area contributed by atoms with Gasteiger partial charge in [0.25, 0.3) is 5.91 Å². The summed E-state index contributed by atoms with van der Waals surface area (Å²) in [5.41, 5.74) is 0. The number of hydrogen-bond acceptors (Lipinski definition) is 4.